The number of thiophene rings is 1. The molecule has 3 heterocycles. The van der Waals surface area contributed by atoms with Crippen LogP contribution in [0.4, 0.5) is 4.79 Å². The normalized spacial score (nSPS) is 20.9. The SMILES string of the molecule is CCOC(=O)C1=C(CN(Cc2cccs2)C[C@@H]2CCCO2)NC(=O)N[C@@H]1c1ccccc1. The number of urea groups is 1. The summed E-state index contributed by atoms with van der Waals surface area (Å²) in [4.78, 5) is 29.1. The van der Waals surface area contributed by atoms with Crippen molar-refractivity contribution in [3.05, 3.63) is 69.6 Å². The molecule has 1 saturated heterocycles. The first-order valence-corrected chi connectivity index (χ1v) is 11.9. The van der Waals surface area contributed by atoms with Crippen LogP contribution in [-0.2, 0) is 20.8 Å². The van der Waals surface area contributed by atoms with Crippen molar-refractivity contribution in [2.45, 2.75) is 38.5 Å². The third kappa shape index (κ3) is 5.56. The number of hydrogen-bond donors (Lipinski definition) is 2. The smallest absolute Gasteiger partial charge is 0.338 e. The van der Waals surface area contributed by atoms with Crippen LogP contribution in [0.3, 0.4) is 0 Å². The highest BCUT2D eigenvalue weighted by molar-refractivity contribution is 7.09. The Morgan fingerprint density at radius 2 is 2.06 bits per heavy atom. The molecule has 7 nitrogen and oxygen atoms in total. The molecule has 0 bridgehead atoms. The van der Waals surface area contributed by atoms with Crippen LogP contribution in [0.5, 0.6) is 0 Å². The summed E-state index contributed by atoms with van der Waals surface area (Å²) in [6.45, 7) is 4.70. The van der Waals surface area contributed by atoms with Crippen molar-refractivity contribution in [1.82, 2.24) is 15.5 Å². The number of amides is 2. The number of benzene rings is 1. The molecule has 0 spiro atoms. The van der Waals surface area contributed by atoms with E-state index < -0.39 is 12.0 Å². The zero-order valence-corrected chi connectivity index (χ0v) is 19.0. The highest BCUT2D eigenvalue weighted by atomic mass is 32.1. The zero-order chi connectivity index (χ0) is 22.3. The van der Waals surface area contributed by atoms with Crippen LogP contribution in [0, 0.1) is 0 Å². The largest absolute Gasteiger partial charge is 0.463 e. The number of carbonyl (C=O) groups is 2. The topological polar surface area (TPSA) is 79.9 Å². The Bertz CT molecular complexity index is 939. The van der Waals surface area contributed by atoms with E-state index in [0.717, 1.165) is 38.1 Å². The second-order valence-corrected chi connectivity index (χ2v) is 8.97. The first kappa shape index (κ1) is 22.5. The van der Waals surface area contributed by atoms with Crippen LogP contribution in [0.25, 0.3) is 0 Å². The molecular weight excluding hydrogens is 426 g/mol. The lowest BCUT2D eigenvalue weighted by Crippen LogP contribution is -2.49. The maximum Gasteiger partial charge on any atom is 0.338 e. The molecule has 2 aliphatic heterocycles. The number of rotatable bonds is 9. The van der Waals surface area contributed by atoms with E-state index in [1.807, 2.05) is 36.4 Å². The van der Waals surface area contributed by atoms with E-state index in [4.69, 9.17) is 9.47 Å². The Morgan fingerprint density at radius 1 is 1.22 bits per heavy atom. The van der Waals surface area contributed by atoms with Gasteiger partial charge in [-0.25, -0.2) is 9.59 Å². The van der Waals surface area contributed by atoms with Crippen LogP contribution >= 0.6 is 11.3 Å². The first-order valence-electron chi connectivity index (χ1n) is 11.0. The van der Waals surface area contributed by atoms with Gasteiger partial charge in [0.25, 0.3) is 0 Å². The second kappa shape index (κ2) is 10.8. The molecule has 2 N–H and O–H groups in total. The summed E-state index contributed by atoms with van der Waals surface area (Å²) in [6, 6.07) is 12.8. The van der Waals surface area contributed by atoms with Crippen LogP contribution in [0.15, 0.2) is 59.1 Å². The molecule has 0 unspecified atom stereocenters. The fourth-order valence-electron chi connectivity index (χ4n) is 4.20. The minimum Gasteiger partial charge on any atom is -0.463 e. The molecule has 2 amide bonds. The van der Waals surface area contributed by atoms with Gasteiger partial charge >= 0.3 is 12.0 Å². The van der Waals surface area contributed by atoms with E-state index in [2.05, 4.69) is 27.0 Å². The lowest BCUT2D eigenvalue weighted by molar-refractivity contribution is -0.139. The van der Waals surface area contributed by atoms with Gasteiger partial charge < -0.3 is 20.1 Å². The number of esters is 1. The molecule has 0 aliphatic carbocycles. The van der Waals surface area contributed by atoms with Gasteiger partial charge in [-0.3, -0.25) is 4.90 Å². The van der Waals surface area contributed by atoms with Gasteiger partial charge in [0.1, 0.15) is 0 Å². The molecule has 2 aromatic rings. The van der Waals surface area contributed by atoms with Crippen LogP contribution in [-0.4, -0.2) is 49.3 Å². The zero-order valence-electron chi connectivity index (χ0n) is 18.2. The van der Waals surface area contributed by atoms with Crippen LogP contribution < -0.4 is 10.6 Å². The summed E-state index contributed by atoms with van der Waals surface area (Å²) in [6.07, 6.45) is 2.24. The van der Waals surface area contributed by atoms with E-state index in [1.54, 1.807) is 18.3 Å². The Morgan fingerprint density at radius 3 is 2.75 bits per heavy atom. The molecule has 2 aliphatic rings. The summed E-state index contributed by atoms with van der Waals surface area (Å²) in [5, 5.41) is 7.84. The summed E-state index contributed by atoms with van der Waals surface area (Å²) in [5.74, 6) is -0.419. The molecular formula is C24H29N3O4S. The van der Waals surface area contributed by atoms with Gasteiger partial charge in [-0.15, -0.1) is 11.3 Å². The van der Waals surface area contributed by atoms with Gasteiger partial charge in [0.2, 0.25) is 0 Å². The van der Waals surface area contributed by atoms with Gasteiger partial charge in [0.15, 0.2) is 0 Å². The van der Waals surface area contributed by atoms with Crippen molar-refractivity contribution in [3.63, 3.8) is 0 Å². The molecule has 0 radical (unpaired) electrons. The van der Waals surface area contributed by atoms with E-state index in [1.165, 1.54) is 4.88 Å². The Kier molecular flexibility index (Phi) is 7.57. The molecule has 8 heteroatoms. The van der Waals surface area contributed by atoms with Crippen molar-refractivity contribution in [1.29, 1.82) is 0 Å². The monoisotopic (exact) mass is 455 g/mol. The summed E-state index contributed by atoms with van der Waals surface area (Å²) in [7, 11) is 0. The van der Waals surface area contributed by atoms with Gasteiger partial charge in [-0.05, 0) is 36.8 Å². The molecule has 1 fully saturated rings. The predicted molar refractivity (Wildman–Crippen MR) is 123 cm³/mol. The fourth-order valence-corrected chi connectivity index (χ4v) is 4.94. The predicted octanol–water partition coefficient (Wildman–Crippen LogP) is 3.60. The lowest BCUT2D eigenvalue weighted by Gasteiger charge is -2.32. The highest BCUT2D eigenvalue weighted by Gasteiger charge is 2.34. The highest BCUT2D eigenvalue weighted by Crippen LogP contribution is 2.29. The van der Waals surface area contributed by atoms with Gasteiger partial charge in [-0.1, -0.05) is 36.4 Å². The van der Waals surface area contributed by atoms with Crippen molar-refractivity contribution in [3.8, 4) is 0 Å². The van der Waals surface area contributed by atoms with Crippen molar-refractivity contribution in [2.24, 2.45) is 0 Å². The fraction of sp³-hybridized carbons (Fsp3) is 0.417. The third-order valence-corrected chi connectivity index (χ3v) is 6.47. The maximum absolute atomic E-state index is 13.0. The van der Waals surface area contributed by atoms with E-state index >= 15 is 0 Å². The van der Waals surface area contributed by atoms with Crippen LogP contribution in [0.2, 0.25) is 0 Å². The van der Waals surface area contributed by atoms with Crippen LogP contribution in [0.1, 0.15) is 36.2 Å². The molecule has 170 valence electrons. The molecule has 1 aromatic heterocycles. The number of nitrogens with zero attached hydrogens (tertiary/aromatic N) is 1. The number of hydrogen-bond acceptors (Lipinski definition) is 6. The number of ether oxygens (including phenoxy) is 2. The minimum absolute atomic E-state index is 0.156. The Balaban J connectivity index is 1.66. The minimum atomic E-state index is -0.565. The van der Waals surface area contributed by atoms with Gasteiger partial charge in [0, 0.05) is 36.8 Å². The van der Waals surface area contributed by atoms with Gasteiger partial charge in [0.05, 0.1) is 24.3 Å². The summed E-state index contributed by atoms with van der Waals surface area (Å²) in [5.41, 5.74) is 1.86. The standard InChI is InChI=1S/C24H29N3O4S/c1-2-30-23(28)21-20(25-24(29)26-22(21)17-8-4-3-5-9-17)16-27(14-18-10-6-12-31-18)15-19-11-7-13-32-19/h3-5,7-9,11,13,18,22H,2,6,10,12,14-16H2,1H3,(H2,25,26,29)/t18-,22+/m0/s1. The van der Waals surface area contributed by atoms with E-state index in [9.17, 15) is 9.59 Å². The van der Waals surface area contributed by atoms with E-state index in [-0.39, 0.29) is 18.7 Å². The number of carbonyl (C=O) groups excluding carboxylic acids is 2. The summed E-state index contributed by atoms with van der Waals surface area (Å²) < 4.78 is 11.3. The van der Waals surface area contributed by atoms with Crippen molar-refractivity contribution in [2.75, 3.05) is 26.3 Å². The molecule has 32 heavy (non-hydrogen) atoms. The maximum atomic E-state index is 13.0. The number of nitrogens with one attached hydrogen (secondary N) is 2. The van der Waals surface area contributed by atoms with E-state index in [0.29, 0.717) is 17.8 Å². The molecule has 0 saturated carbocycles. The molecule has 2 atom stereocenters. The first-order chi connectivity index (χ1) is 15.6. The Hall–Kier alpha value is -2.68. The van der Waals surface area contributed by atoms with Gasteiger partial charge in [-0.2, -0.15) is 0 Å². The molecule has 4 rings (SSSR count). The van der Waals surface area contributed by atoms with Crippen molar-refractivity contribution >= 4 is 23.3 Å². The Labute approximate surface area is 192 Å². The quantitative estimate of drug-likeness (QED) is 0.565. The lowest BCUT2D eigenvalue weighted by atomic mass is 9.95. The third-order valence-electron chi connectivity index (χ3n) is 5.61. The average Bonchev–Trinajstić information content (AvgIpc) is 3.48. The molecule has 1 aromatic carbocycles. The average molecular weight is 456 g/mol. The second-order valence-electron chi connectivity index (χ2n) is 7.94. The van der Waals surface area contributed by atoms with Crippen molar-refractivity contribution < 1.29 is 19.1 Å². The summed E-state index contributed by atoms with van der Waals surface area (Å²) >= 11 is 1.69.